The Morgan fingerprint density at radius 1 is 0.489 bits per heavy atom. The number of nitrogen functional groups attached to an aromatic ring is 2. The van der Waals surface area contributed by atoms with Crippen LogP contribution in [0.3, 0.4) is 0 Å². The minimum atomic E-state index is -0.339. The average Bonchev–Trinajstić information content (AvgIpc) is 3.10. The van der Waals surface area contributed by atoms with Crippen LogP contribution in [0.15, 0.2) is 6.07 Å². The van der Waals surface area contributed by atoms with Crippen molar-refractivity contribution in [2.45, 2.75) is 52.4 Å². The fourth-order valence-electron chi connectivity index (χ4n) is 3.48. The summed E-state index contributed by atoms with van der Waals surface area (Å²) in [5.41, 5.74) is 13.2. The summed E-state index contributed by atoms with van der Waals surface area (Å²) in [4.78, 5) is 0. The van der Waals surface area contributed by atoms with Crippen LogP contribution in [-0.2, 0) is 255 Å². The van der Waals surface area contributed by atoms with Crippen molar-refractivity contribution in [3.63, 3.8) is 0 Å². The molecule has 0 heterocycles. The number of nitrogens with two attached hydrogens (primary N) is 2. The van der Waals surface area contributed by atoms with Crippen molar-refractivity contribution in [2.24, 2.45) is 5.41 Å². The van der Waals surface area contributed by atoms with Crippen LogP contribution < -0.4 is 11.5 Å². The number of benzene rings is 1. The van der Waals surface area contributed by atoms with E-state index >= 15 is 0 Å². The molecule has 1 aromatic carbocycles. The van der Waals surface area contributed by atoms with Gasteiger partial charge in [0.15, 0.2) is 5.82 Å². The molecule has 0 amide bonds. The minimum Gasteiger partial charge on any atom is -0.397 e. The van der Waals surface area contributed by atoms with E-state index in [1.165, 1.54) is 17.8 Å². The quantitative estimate of drug-likeness (QED) is 0.392. The average molecular weight is 1120 g/mol. The first kappa shape index (κ1) is 47.7. The van der Waals surface area contributed by atoms with E-state index in [1.807, 2.05) is 86.0 Å². The predicted molar refractivity (Wildman–Crippen MR) is 274 cm³/mol. The molecule has 1 aliphatic rings. The van der Waals surface area contributed by atoms with Crippen molar-refractivity contribution in [3.8, 4) is 0 Å². The smallest absolute Gasteiger partial charge is 0.152 e. The topological polar surface area (TPSA) is 52.0 Å². The lowest BCUT2D eigenvalue weighted by atomic mass is 9.59. The molecule has 1 aliphatic carbocycles. The molecule has 0 fully saturated rings. The molecule has 1 aromatic rings. The van der Waals surface area contributed by atoms with Gasteiger partial charge in [-0.15, -0.1) is 0 Å². The highest BCUT2D eigenvalue weighted by Gasteiger charge is 2.58. The zero-order valence-corrected chi connectivity index (χ0v) is 45.2. The van der Waals surface area contributed by atoms with Gasteiger partial charge in [0.1, 0.15) is 0 Å². The Morgan fingerprint density at radius 3 is 1.02 bits per heavy atom. The van der Waals surface area contributed by atoms with Gasteiger partial charge < -0.3 is 11.5 Å². The molecule has 45 heavy (non-hydrogen) atoms. The van der Waals surface area contributed by atoms with Crippen LogP contribution in [0.25, 0.3) is 0 Å². The van der Waals surface area contributed by atoms with Gasteiger partial charge in [0.05, 0.1) is 11.4 Å². The van der Waals surface area contributed by atoms with Crippen molar-refractivity contribution in [2.75, 3.05) is 11.5 Å². The number of fused-ring (bicyclic) bond motifs is 1. The van der Waals surface area contributed by atoms with E-state index in [1.54, 1.807) is 124 Å². The maximum absolute atomic E-state index is 14.5. The summed E-state index contributed by atoms with van der Waals surface area (Å²) in [7, 11) is 43.6. The van der Waals surface area contributed by atoms with Crippen molar-refractivity contribution < 1.29 is 4.39 Å². The van der Waals surface area contributed by atoms with E-state index < -0.39 is 0 Å². The molecule has 0 saturated heterocycles. The molecule has 0 saturated carbocycles. The zero-order chi connectivity index (χ0) is 33.8. The van der Waals surface area contributed by atoms with Gasteiger partial charge in [0.25, 0.3) is 0 Å². The Balaban J connectivity index is 0.000000483. The summed E-state index contributed by atoms with van der Waals surface area (Å²) in [6, 6.07) is 1.85. The van der Waals surface area contributed by atoms with Crippen molar-refractivity contribution in [3.05, 3.63) is 23.0 Å². The second-order valence-electron chi connectivity index (χ2n) is 8.69. The molecule has 0 bridgehead atoms. The third kappa shape index (κ3) is 17.1. The third-order valence-corrected chi connectivity index (χ3v) is 59.8. The Bertz CT molecular complexity index is 2310. The Hall–Kier alpha value is 4.69. The molecule has 262 valence electrons. The summed E-state index contributed by atoms with van der Waals surface area (Å²) in [6.45, 7) is 12.8. The summed E-state index contributed by atoms with van der Waals surface area (Å²) in [5, 5.41) is 0. The van der Waals surface area contributed by atoms with Gasteiger partial charge >= 0.3 is 0 Å². The van der Waals surface area contributed by atoms with Gasteiger partial charge in [-0.3, -0.25) is 0 Å². The fourth-order valence-corrected chi connectivity index (χ4v) is 66.6. The van der Waals surface area contributed by atoms with Gasteiger partial charge in [-0.25, -0.2) is 4.39 Å². The maximum Gasteiger partial charge on any atom is 0.152 e. The van der Waals surface area contributed by atoms with Crippen LogP contribution in [0.5, 0.6) is 0 Å². The zero-order valence-electron chi connectivity index (χ0n) is 23.1. The van der Waals surface area contributed by atoms with Gasteiger partial charge in [-0.05, 0) is 27.9 Å². The number of rotatable bonds is 0. The highest BCUT2D eigenvalue weighted by atomic mass is 33.5. The molecule has 0 aromatic heterocycles. The van der Waals surface area contributed by atoms with Crippen LogP contribution >= 0.6 is 0 Å². The molecule has 0 atom stereocenters. The fraction of sp³-hybridized carbons (Fsp3) is 0.600. The minimum absolute atomic E-state index is 0.0790. The Labute approximate surface area is 345 Å². The lowest BCUT2D eigenvalue weighted by Gasteiger charge is -2.44. The van der Waals surface area contributed by atoms with Crippen LogP contribution in [0.4, 0.5) is 15.8 Å². The number of hydrogen-bond acceptors (Lipinski definition) is 4. The van der Waals surface area contributed by atoms with E-state index in [2.05, 4.69) is 41.5 Å². The van der Waals surface area contributed by atoms with Crippen molar-refractivity contribution in [1.29, 1.82) is 0 Å². The van der Waals surface area contributed by atoms with Gasteiger partial charge in [-0.2, -0.15) is 0 Å². The monoisotopic (exact) mass is 1110 g/mol. The second kappa shape index (κ2) is 27.3. The molecule has 0 unspecified atom stereocenters. The molecule has 0 radical (unpaired) electrons. The van der Waals surface area contributed by atoms with Crippen LogP contribution in [0.2, 0.25) is 0 Å². The van der Waals surface area contributed by atoms with E-state index in [0.29, 0.717) is 5.69 Å². The van der Waals surface area contributed by atoms with Gasteiger partial charge in [0.2, 0.25) is 0 Å². The van der Waals surface area contributed by atoms with Crippen LogP contribution in [0, 0.1) is 11.2 Å². The Morgan fingerprint density at radius 2 is 0.756 bits per heavy atom. The van der Waals surface area contributed by atoms with E-state index in [0.717, 1.165) is 11.1 Å². The summed E-state index contributed by atoms with van der Waals surface area (Å²) in [5.74, 6) is -0.339. The standard InChI is InChI=1S/C15H23FN2.S27/c1-13(2)8-7-9(17)12(18)11(16)10(8)14(3,4)15(13,5)6;1-3-5-7-9-11-13-15-17-19-21-23-25-27-26-24-22-20-18-16-14-12-10-8-6-4-2/h7H,17-18H2,1-6H3;. The number of hydrogen-bond donors (Lipinski definition) is 2. The Kier molecular flexibility index (Phi) is 28.9. The summed E-state index contributed by atoms with van der Waals surface area (Å²) in [6.07, 6.45) is 0. The second-order valence-corrected chi connectivity index (χ2v) is 52.9. The largest absolute Gasteiger partial charge is 0.397 e. The SMILES string of the molecule is CC1(C)c2cc(N)c(N)c(F)c2C(C)(C)C1(C)C.S=S=S=S=S=S=S=S=S=S=S=S=S=S=S=S=S=S=S=S=S=S=S=S=S=S=S. The van der Waals surface area contributed by atoms with Gasteiger partial charge in [-0.1, -0.05) is 41.5 Å². The van der Waals surface area contributed by atoms with Crippen molar-refractivity contribution >= 4 is 256 Å². The number of halogens is 1. The molecule has 2 nitrogen and oxygen atoms in total. The highest BCUT2D eigenvalue weighted by molar-refractivity contribution is 8.79. The third-order valence-electron chi connectivity index (χ3n) is 6.43. The van der Waals surface area contributed by atoms with E-state index in [9.17, 15) is 4.39 Å². The van der Waals surface area contributed by atoms with Crippen LogP contribution in [0.1, 0.15) is 52.7 Å². The molecule has 2 rings (SSSR count). The number of anilines is 2. The molecule has 30 heteroatoms. The van der Waals surface area contributed by atoms with E-state index in [4.69, 9.17) is 33.8 Å². The molecule has 0 spiro atoms. The molecule has 4 N–H and O–H groups in total. The van der Waals surface area contributed by atoms with Gasteiger partial charge in [0, 0.05) is 250 Å². The predicted octanol–water partition coefficient (Wildman–Crippen LogP) is 3.52. The van der Waals surface area contributed by atoms with E-state index in [-0.39, 0.29) is 27.7 Å². The lowest BCUT2D eigenvalue weighted by Crippen LogP contribution is -2.42. The first-order valence-corrected chi connectivity index (χ1v) is 45.3. The maximum atomic E-state index is 14.5. The van der Waals surface area contributed by atoms with Crippen molar-refractivity contribution in [1.82, 2.24) is 0 Å². The van der Waals surface area contributed by atoms with Crippen LogP contribution in [-0.4, -0.2) is 0 Å². The highest BCUT2D eigenvalue weighted by Crippen LogP contribution is 2.62. The normalized spacial score (nSPS) is 13.7. The summed E-state index contributed by atoms with van der Waals surface area (Å²) < 4.78 is 14.5. The summed E-state index contributed by atoms with van der Waals surface area (Å²) >= 11 is 9.56. The molecule has 0 aliphatic heterocycles. The first-order valence-electron chi connectivity index (χ1n) is 10.7. The molecular formula is C15H23FN2S27. The first-order chi connectivity index (χ1) is 21.4. The molecular weight excluding hydrogens is 1090 g/mol. The lowest BCUT2D eigenvalue weighted by molar-refractivity contribution is 0.123.